The minimum Gasteiger partial charge on any atom is -0.383 e. The highest BCUT2D eigenvalue weighted by Crippen LogP contribution is 2.22. The summed E-state index contributed by atoms with van der Waals surface area (Å²) in [6.45, 7) is 0. The van der Waals surface area contributed by atoms with Gasteiger partial charge in [-0.1, -0.05) is 18.2 Å². The van der Waals surface area contributed by atoms with E-state index in [1.807, 2.05) is 30.3 Å². The summed E-state index contributed by atoms with van der Waals surface area (Å²) < 4.78 is 0. The molecule has 0 amide bonds. The predicted octanol–water partition coefficient (Wildman–Crippen LogP) is 1.87. The van der Waals surface area contributed by atoms with E-state index in [4.69, 9.17) is 11.5 Å². The molecule has 3 aromatic rings. The third kappa shape index (κ3) is 2.11. The summed E-state index contributed by atoms with van der Waals surface area (Å²) in [5, 5.41) is 0.730. The van der Waals surface area contributed by atoms with Crippen LogP contribution in [0, 0.1) is 0 Å². The molecule has 3 rings (SSSR count). The number of nitrogen functional groups attached to an aromatic ring is 2. The number of benzene rings is 1. The number of fused-ring (bicyclic) bond motifs is 1. The molecule has 0 bridgehead atoms. The van der Waals surface area contributed by atoms with E-state index in [1.165, 1.54) is 0 Å². The highest BCUT2D eigenvalue weighted by atomic mass is 15.1. The summed E-state index contributed by atoms with van der Waals surface area (Å²) in [6.07, 6.45) is 3.51. The van der Waals surface area contributed by atoms with Crippen LogP contribution in [-0.4, -0.2) is 21.2 Å². The molecule has 2 heterocycles. The first kappa shape index (κ1) is 11.2. The lowest BCUT2D eigenvalue weighted by Crippen LogP contribution is -2.00. The Kier molecular flexibility index (Phi) is 2.60. The molecule has 0 saturated heterocycles. The molecular weight excluding hydrogens is 240 g/mol. The molecule has 0 aliphatic carbocycles. The van der Waals surface area contributed by atoms with Gasteiger partial charge >= 0.3 is 0 Å². The van der Waals surface area contributed by atoms with Crippen molar-refractivity contribution in [3.63, 3.8) is 0 Å². The maximum atomic E-state index is 5.86. The SMILES string of the molecule is Nc1nc(N)c2c(C=Nc3ccccc3)c[nH]c2n1. The van der Waals surface area contributed by atoms with E-state index in [0.717, 1.165) is 16.6 Å². The number of hydrogen-bond acceptors (Lipinski definition) is 5. The van der Waals surface area contributed by atoms with Gasteiger partial charge in [-0.3, -0.25) is 4.99 Å². The monoisotopic (exact) mass is 252 g/mol. The minimum atomic E-state index is 0.151. The fourth-order valence-electron chi connectivity index (χ4n) is 1.86. The molecule has 19 heavy (non-hydrogen) atoms. The summed E-state index contributed by atoms with van der Waals surface area (Å²) in [5.41, 5.74) is 13.7. The maximum Gasteiger partial charge on any atom is 0.223 e. The van der Waals surface area contributed by atoms with Gasteiger partial charge in [-0.05, 0) is 12.1 Å². The van der Waals surface area contributed by atoms with Crippen LogP contribution in [0.3, 0.4) is 0 Å². The van der Waals surface area contributed by atoms with Crippen molar-refractivity contribution < 1.29 is 0 Å². The van der Waals surface area contributed by atoms with Gasteiger partial charge in [-0.15, -0.1) is 0 Å². The third-order valence-electron chi connectivity index (χ3n) is 2.72. The molecule has 6 nitrogen and oxygen atoms in total. The minimum absolute atomic E-state index is 0.151. The number of aliphatic imine (C=N–C) groups is 1. The molecular formula is C13H12N6. The largest absolute Gasteiger partial charge is 0.383 e. The number of nitrogens with zero attached hydrogens (tertiary/aromatic N) is 3. The number of rotatable bonds is 2. The standard InChI is InChI=1S/C13H12N6/c14-11-10-8(6-16-9-4-2-1-3-5-9)7-17-12(10)19-13(15)18-11/h1-7H,(H5,14,15,17,18,19). The van der Waals surface area contributed by atoms with Crippen molar-refractivity contribution in [1.82, 2.24) is 15.0 Å². The second-order valence-electron chi connectivity index (χ2n) is 4.03. The number of nitrogens with two attached hydrogens (primary N) is 2. The number of aromatic amines is 1. The molecule has 0 fully saturated rings. The van der Waals surface area contributed by atoms with E-state index in [2.05, 4.69) is 19.9 Å². The van der Waals surface area contributed by atoms with E-state index in [9.17, 15) is 0 Å². The first-order valence-corrected chi connectivity index (χ1v) is 5.73. The topological polar surface area (TPSA) is 106 Å². The Hall–Kier alpha value is -2.89. The van der Waals surface area contributed by atoms with Gasteiger partial charge in [0, 0.05) is 18.0 Å². The number of nitrogens with one attached hydrogen (secondary N) is 1. The molecule has 1 aromatic carbocycles. The summed E-state index contributed by atoms with van der Waals surface area (Å²) in [5.74, 6) is 0.497. The van der Waals surface area contributed by atoms with E-state index in [-0.39, 0.29) is 5.95 Å². The maximum absolute atomic E-state index is 5.86. The number of hydrogen-bond donors (Lipinski definition) is 3. The van der Waals surface area contributed by atoms with E-state index >= 15 is 0 Å². The summed E-state index contributed by atoms with van der Waals surface area (Å²) in [6, 6.07) is 9.64. The van der Waals surface area contributed by atoms with Crippen molar-refractivity contribution in [2.24, 2.45) is 4.99 Å². The Labute approximate surface area is 109 Å². The Bertz CT molecular complexity index is 744. The van der Waals surface area contributed by atoms with E-state index in [0.29, 0.717) is 11.5 Å². The summed E-state index contributed by atoms with van der Waals surface area (Å²) >= 11 is 0. The average molecular weight is 252 g/mol. The van der Waals surface area contributed by atoms with Gasteiger partial charge in [-0.2, -0.15) is 9.97 Å². The van der Waals surface area contributed by atoms with E-state index in [1.54, 1.807) is 12.4 Å². The van der Waals surface area contributed by atoms with Crippen LogP contribution in [0.1, 0.15) is 5.56 Å². The van der Waals surface area contributed by atoms with Gasteiger partial charge in [0.05, 0.1) is 11.1 Å². The fraction of sp³-hybridized carbons (Fsp3) is 0. The smallest absolute Gasteiger partial charge is 0.223 e. The predicted molar refractivity (Wildman–Crippen MR) is 76.4 cm³/mol. The molecule has 0 spiro atoms. The molecule has 5 N–H and O–H groups in total. The third-order valence-corrected chi connectivity index (χ3v) is 2.72. The number of anilines is 2. The van der Waals surface area contributed by atoms with Crippen LogP contribution in [0.5, 0.6) is 0 Å². The molecule has 0 aliphatic heterocycles. The average Bonchev–Trinajstić information content (AvgIpc) is 2.81. The zero-order valence-corrected chi connectivity index (χ0v) is 10.0. The molecule has 94 valence electrons. The zero-order chi connectivity index (χ0) is 13.2. The molecule has 0 aliphatic rings. The Morgan fingerprint density at radius 2 is 1.89 bits per heavy atom. The van der Waals surface area contributed by atoms with Crippen molar-refractivity contribution >= 4 is 34.7 Å². The van der Waals surface area contributed by atoms with Crippen LogP contribution < -0.4 is 11.5 Å². The first-order chi connectivity index (χ1) is 9.24. The fourth-order valence-corrected chi connectivity index (χ4v) is 1.86. The van der Waals surface area contributed by atoms with Crippen molar-refractivity contribution in [2.45, 2.75) is 0 Å². The van der Waals surface area contributed by atoms with Gasteiger partial charge in [0.25, 0.3) is 0 Å². The molecule has 0 saturated carbocycles. The van der Waals surface area contributed by atoms with Crippen LogP contribution in [-0.2, 0) is 0 Å². The Balaban J connectivity index is 2.05. The first-order valence-electron chi connectivity index (χ1n) is 5.73. The van der Waals surface area contributed by atoms with Crippen LogP contribution >= 0.6 is 0 Å². The van der Waals surface area contributed by atoms with Crippen molar-refractivity contribution in [3.05, 3.63) is 42.1 Å². The van der Waals surface area contributed by atoms with Gasteiger partial charge in [-0.25, -0.2) is 0 Å². The second kappa shape index (κ2) is 4.41. The number of para-hydroxylation sites is 1. The highest BCUT2D eigenvalue weighted by Gasteiger charge is 2.08. The van der Waals surface area contributed by atoms with Crippen LogP contribution in [0.4, 0.5) is 17.5 Å². The van der Waals surface area contributed by atoms with Crippen LogP contribution in [0.2, 0.25) is 0 Å². The van der Waals surface area contributed by atoms with Crippen molar-refractivity contribution in [1.29, 1.82) is 0 Å². The lowest BCUT2D eigenvalue weighted by Gasteiger charge is -1.98. The Morgan fingerprint density at radius 3 is 2.68 bits per heavy atom. The van der Waals surface area contributed by atoms with Gasteiger partial charge in [0.15, 0.2) is 0 Å². The summed E-state index contributed by atoms with van der Waals surface area (Å²) in [4.78, 5) is 15.4. The molecule has 0 unspecified atom stereocenters. The molecule has 0 radical (unpaired) electrons. The highest BCUT2D eigenvalue weighted by molar-refractivity contribution is 6.03. The van der Waals surface area contributed by atoms with Gasteiger partial charge in [0.2, 0.25) is 5.95 Å². The van der Waals surface area contributed by atoms with Crippen LogP contribution in [0.25, 0.3) is 11.0 Å². The zero-order valence-electron chi connectivity index (χ0n) is 10.0. The number of H-pyrrole nitrogens is 1. The van der Waals surface area contributed by atoms with Crippen LogP contribution in [0.15, 0.2) is 41.5 Å². The second-order valence-corrected chi connectivity index (χ2v) is 4.03. The van der Waals surface area contributed by atoms with Crippen molar-refractivity contribution in [3.8, 4) is 0 Å². The number of aromatic nitrogens is 3. The normalized spacial score (nSPS) is 11.4. The lowest BCUT2D eigenvalue weighted by molar-refractivity contribution is 1.22. The van der Waals surface area contributed by atoms with Crippen molar-refractivity contribution in [2.75, 3.05) is 11.5 Å². The molecule has 0 atom stereocenters. The van der Waals surface area contributed by atoms with Gasteiger partial charge in [0.1, 0.15) is 11.5 Å². The van der Waals surface area contributed by atoms with Gasteiger partial charge < -0.3 is 16.5 Å². The lowest BCUT2D eigenvalue weighted by atomic mass is 10.2. The molecule has 6 heteroatoms. The summed E-state index contributed by atoms with van der Waals surface area (Å²) in [7, 11) is 0. The van der Waals surface area contributed by atoms with E-state index < -0.39 is 0 Å². The quantitative estimate of drug-likeness (QED) is 0.605. The Morgan fingerprint density at radius 1 is 1.11 bits per heavy atom. The molecule has 2 aromatic heterocycles.